The second kappa shape index (κ2) is 16.2. The standard InChI is InChI=1S/C14H14O.C9H12O.C2H6O.2CH4/c1-3-11-4-5-14-9-12(10(2)15)6-7-13(14)8-11;1-3-8-4-6-9(10-2)7-5-8;1-3-2;;/h4-9H,3H2,1-2H3;4-7H,3H2,1-2H3;1-2H3;2*1H4. The van der Waals surface area contributed by atoms with E-state index in [1.165, 1.54) is 16.5 Å². The molecule has 0 saturated heterocycles. The number of aryl methyl sites for hydroxylation is 2. The Balaban J connectivity index is 0. The van der Waals surface area contributed by atoms with Crippen LogP contribution in [0.25, 0.3) is 10.8 Å². The molecule has 0 aromatic heterocycles. The third kappa shape index (κ3) is 9.71. The Bertz CT molecular complexity index is 829. The predicted octanol–water partition coefficient (Wildman–Crippen LogP) is 7.40. The van der Waals surface area contributed by atoms with Crippen LogP contribution in [0.4, 0.5) is 0 Å². The molecule has 0 radical (unpaired) electrons. The Kier molecular flexibility index (Phi) is 15.9. The first-order chi connectivity index (χ1) is 13.5. The first-order valence-corrected chi connectivity index (χ1v) is 9.55. The molecule has 166 valence electrons. The van der Waals surface area contributed by atoms with E-state index in [-0.39, 0.29) is 20.6 Å². The summed E-state index contributed by atoms with van der Waals surface area (Å²) in [7, 11) is 4.93. The number of hydrogen-bond acceptors (Lipinski definition) is 3. The zero-order chi connectivity index (χ0) is 20.9. The Morgan fingerprint density at radius 2 is 1.20 bits per heavy atom. The highest BCUT2D eigenvalue weighted by atomic mass is 16.5. The van der Waals surface area contributed by atoms with E-state index in [1.807, 2.05) is 30.3 Å². The van der Waals surface area contributed by atoms with Crippen molar-refractivity contribution in [2.24, 2.45) is 0 Å². The summed E-state index contributed by atoms with van der Waals surface area (Å²) < 4.78 is 9.26. The van der Waals surface area contributed by atoms with Crippen molar-refractivity contribution >= 4 is 16.6 Å². The number of rotatable bonds is 4. The van der Waals surface area contributed by atoms with Gasteiger partial charge in [0.05, 0.1) is 7.11 Å². The monoisotopic (exact) mass is 412 g/mol. The van der Waals surface area contributed by atoms with Crippen LogP contribution in [0.3, 0.4) is 0 Å². The minimum absolute atomic E-state index is 0. The molecule has 0 aliphatic rings. The lowest BCUT2D eigenvalue weighted by Gasteiger charge is -2.02. The lowest BCUT2D eigenvalue weighted by atomic mass is 10.0. The lowest BCUT2D eigenvalue weighted by Crippen LogP contribution is -1.91. The van der Waals surface area contributed by atoms with Crippen molar-refractivity contribution in [2.75, 3.05) is 21.3 Å². The normalized spacial score (nSPS) is 9.00. The molecule has 0 heterocycles. The maximum Gasteiger partial charge on any atom is 0.159 e. The number of ether oxygens (including phenoxy) is 2. The second-order valence-electron chi connectivity index (χ2n) is 6.42. The number of carbonyl (C=O) groups is 1. The van der Waals surface area contributed by atoms with E-state index in [0.717, 1.165) is 29.5 Å². The third-order valence-corrected chi connectivity index (χ3v) is 4.29. The predicted molar refractivity (Wildman–Crippen MR) is 132 cm³/mol. The smallest absolute Gasteiger partial charge is 0.159 e. The number of Topliss-reactive ketones (excluding diaryl/α,β-unsaturated/α-hetero) is 1. The third-order valence-electron chi connectivity index (χ3n) is 4.29. The molecule has 0 aliphatic heterocycles. The van der Waals surface area contributed by atoms with Crippen LogP contribution in [0, 0.1) is 0 Å². The molecule has 30 heavy (non-hydrogen) atoms. The van der Waals surface area contributed by atoms with E-state index < -0.39 is 0 Å². The van der Waals surface area contributed by atoms with E-state index >= 15 is 0 Å². The van der Waals surface area contributed by atoms with Crippen LogP contribution >= 0.6 is 0 Å². The number of fused-ring (bicyclic) bond motifs is 1. The van der Waals surface area contributed by atoms with Gasteiger partial charge in [-0.05, 0) is 59.9 Å². The van der Waals surface area contributed by atoms with Gasteiger partial charge in [-0.1, -0.05) is 71.2 Å². The average Bonchev–Trinajstić information content (AvgIpc) is 2.74. The molecule has 3 nitrogen and oxygen atoms in total. The molecule has 0 fully saturated rings. The van der Waals surface area contributed by atoms with Crippen molar-refractivity contribution in [1.82, 2.24) is 0 Å². The van der Waals surface area contributed by atoms with E-state index in [9.17, 15) is 4.79 Å². The van der Waals surface area contributed by atoms with Gasteiger partial charge in [0, 0.05) is 19.8 Å². The lowest BCUT2D eigenvalue weighted by molar-refractivity contribution is 0.101. The minimum Gasteiger partial charge on any atom is -0.497 e. The van der Waals surface area contributed by atoms with Crippen molar-refractivity contribution in [1.29, 1.82) is 0 Å². The van der Waals surface area contributed by atoms with Gasteiger partial charge in [-0.3, -0.25) is 4.79 Å². The fourth-order valence-corrected chi connectivity index (χ4v) is 2.60. The van der Waals surface area contributed by atoms with Gasteiger partial charge in [0.25, 0.3) is 0 Å². The SMILES string of the molecule is C.C.CCc1ccc(OC)cc1.CCc1ccc2cc(C(C)=O)ccc2c1.COC. The van der Waals surface area contributed by atoms with Crippen molar-refractivity contribution < 1.29 is 14.3 Å². The molecular formula is C27H40O3. The van der Waals surface area contributed by atoms with Crippen molar-refractivity contribution in [2.45, 2.75) is 48.5 Å². The van der Waals surface area contributed by atoms with Gasteiger partial charge in [-0.15, -0.1) is 0 Å². The summed E-state index contributed by atoms with van der Waals surface area (Å²) in [6, 6.07) is 20.4. The number of hydrogen-bond donors (Lipinski definition) is 0. The van der Waals surface area contributed by atoms with Crippen LogP contribution in [0.15, 0.2) is 60.7 Å². The molecular weight excluding hydrogens is 372 g/mol. The molecule has 0 aliphatic carbocycles. The molecule has 0 unspecified atom stereocenters. The van der Waals surface area contributed by atoms with Crippen LogP contribution in [0.1, 0.15) is 57.1 Å². The van der Waals surface area contributed by atoms with Crippen LogP contribution in [0.5, 0.6) is 5.75 Å². The summed E-state index contributed by atoms with van der Waals surface area (Å²) in [6.45, 7) is 5.88. The fraction of sp³-hybridized carbons (Fsp3) is 0.370. The molecule has 3 aromatic rings. The summed E-state index contributed by atoms with van der Waals surface area (Å²) >= 11 is 0. The van der Waals surface area contributed by atoms with Crippen LogP contribution < -0.4 is 4.74 Å². The van der Waals surface area contributed by atoms with Crippen LogP contribution in [-0.4, -0.2) is 27.1 Å². The molecule has 3 rings (SSSR count). The molecule has 0 saturated carbocycles. The summed E-state index contributed by atoms with van der Waals surface area (Å²) in [5, 5.41) is 2.35. The second-order valence-corrected chi connectivity index (χ2v) is 6.42. The highest BCUT2D eigenvalue weighted by Gasteiger charge is 2.01. The molecule has 3 heteroatoms. The molecule has 0 spiro atoms. The largest absolute Gasteiger partial charge is 0.497 e. The number of carbonyl (C=O) groups excluding carboxylic acids is 1. The highest BCUT2D eigenvalue weighted by molar-refractivity contribution is 5.98. The maximum absolute atomic E-state index is 11.2. The van der Waals surface area contributed by atoms with Gasteiger partial charge in [-0.25, -0.2) is 0 Å². The van der Waals surface area contributed by atoms with Gasteiger partial charge in [0.2, 0.25) is 0 Å². The summed E-state index contributed by atoms with van der Waals surface area (Å²) in [6.07, 6.45) is 2.13. The zero-order valence-electron chi connectivity index (χ0n) is 17.9. The molecule has 3 aromatic carbocycles. The van der Waals surface area contributed by atoms with Gasteiger partial charge in [0.15, 0.2) is 5.78 Å². The van der Waals surface area contributed by atoms with Crippen molar-refractivity contribution in [3.8, 4) is 5.75 Å². The highest BCUT2D eigenvalue weighted by Crippen LogP contribution is 2.18. The van der Waals surface area contributed by atoms with Crippen molar-refractivity contribution in [3.05, 3.63) is 77.4 Å². The molecule has 0 atom stereocenters. The Morgan fingerprint density at radius 1 is 0.733 bits per heavy atom. The van der Waals surface area contributed by atoms with Crippen LogP contribution in [-0.2, 0) is 17.6 Å². The fourth-order valence-electron chi connectivity index (χ4n) is 2.60. The molecule has 0 N–H and O–H groups in total. The average molecular weight is 413 g/mol. The van der Waals surface area contributed by atoms with E-state index in [1.54, 1.807) is 28.3 Å². The topological polar surface area (TPSA) is 35.5 Å². The zero-order valence-corrected chi connectivity index (χ0v) is 17.9. The summed E-state index contributed by atoms with van der Waals surface area (Å²) in [5.41, 5.74) is 3.46. The van der Waals surface area contributed by atoms with E-state index in [2.05, 4.69) is 48.9 Å². The van der Waals surface area contributed by atoms with Gasteiger partial charge >= 0.3 is 0 Å². The van der Waals surface area contributed by atoms with Gasteiger partial charge in [-0.2, -0.15) is 0 Å². The first-order valence-electron chi connectivity index (χ1n) is 9.55. The minimum atomic E-state index is 0. The van der Waals surface area contributed by atoms with E-state index in [0.29, 0.717) is 0 Å². The summed E-state index contributed by atoms with van der Waals surface area (Å²) in [4.78, 5) is 11.2. The molecule has 0 bridgehead atoms. The van der Waals surface area contributed by atoms with Gasteiger partial charge in [0.1, 0.15) is 5.75 Å². The Labute approximate surface area is 184 Å². The van der Waals surface area contributed by atoms with Crippen molar-refractivity contribution in [3.63, 3.8) is 0 Å². The Hall–Kier alpha value is -2.65. The maximum atomic E-state index is 11.2. The number of benzene rings is 3. The van der Waals surface area contributed by atoms with E-state index in [4.69, 9.17) is 4.74 Å². The first kappa shape index (κ1) is 29.6. The number of ketones is 1. The van der Waals surface area contributed by atoms with Crippen LogP contribution in [0.2, 0.25) is 0 Å². The quantitative estimate of drug-likeness (QED) is 0.419. The summed E-state index contributed by atoms with van der Waals surface area (Å²) in [5.74, 6) is 1.05. The number of methoxy groups -OCH3 is 2. The Morgan fingerprint density at radius 3 is 1.67 bits per heavy atom. The van der Waals surface area contributed by atoms with Gasteiger partial charge < -0.3 is 9.47 Å². The molecule has 0 amide bonds.